The van der Waals surface area contributed by atoms with E-state index >= 15 is 0 Å². The number of carbonyl (C=O) groups is 2. The number of hydrogen-bond acceptors (Lipinski definition) is 5. The monoisotopic (exact) mass is 755 g/mol. The molecule has 1 saturated carbocycles. The zero-order chi connectivity index (χ0) is 36.5. The van der Waals surface area contributed by atoms with Gasteiger partial charge in [-0.1, -0.05) is 109 Å². The Morgan fingerprint density at radius 2 is 1.29 bits per heavy atom. The molecular formula is C41H39Cl2N3O5S. The summed E-state index contributed by atoms with van der Waals surface area (Å²) >= 11 is 13.3. The predicted octanol–water partition coefficient (Wildman–Crippen LogP) is 8.68. The average molecular weight is 757 g/mol. The van der Waals surface area contributed by atoms with Crippen LogP contribution in [0.15, 0.2) is 138 Å². The zero-order valence-corrected chi connectivity index (χ0v) is 30.7. The Hall–Kier alpha value is -4.83. The van der Waals surface area contributed by atoms with Gasteiger partial charge in [-0.3, -0.25) is 13.9 Å². The van der Waals surface area contributed by atoms with Crippen LogP contribution < -0.4 is 14.4 Å². The fourth-order valence-electron chi connectivity index (χ4n) is 6.33. The first-order valence-electron chi connectivity index (χ1n) is 17.2. The number of sulfonamides is 1. The lowest BCUT2D eigenvalue weighted by Crippen LogP contribution is -2.54. The predicted molar refractivity (Wildman–Crippen MR) is 205 cm³/mol. The minimum Gasteiger partial charge on any atom is -0.457 e. The number of benzene rings is 5. The summed E-state index contributed by atoms with van der Waals surface area (Å²) in [7, 11) is -4.27. The van der Waals surface area contributed by atoms with Crippen molar-refractivity contribution in [1.82, 2.24) is 10.2 Å². The molecule has 0 spiro atoms. The number of rotatable bonds is 14. The first-order chi connectivity index (χ1) is 25.2. The molecule has 52 heavy (non-hydrogen) atoms. The van der Waals surface area contributed by atoms with Gasteiger partial charge in [0.05, 0.1) is 10.6 Å². The van der Waals surface area contributed by atoms with Crippen molar-refractivity contribution < 1.29 is 22.7 Å². The van der Waals surface area contributed by atoms with Crippen molar-refractivity contribution in [2.75, 3.05) is 10.8 Å². The summed E-state index contributed by atoms with van der Waals surface area (Å²) < 4.78 is 35.7. The number of carbonyl (C=O) groups excluding carboxylic acids is 2. The van der Waals surface area contributed by atoms with E-state index in [2.05, 4.69) is 5.32 Å². The van der Waals surface area contributed by atoms with Crippen LogP contribution in [0.2, 0.25) is 10.0 Å². The van der Waals surface area contributed by atoms with E-state index in [-0.39, 0.29) is 35.5 Å². The van der Waals surface area contributed by atoms with E-state index in [0.717, 1.165) is 35.6 Å². The highest BCUT2D eigenvalue weighted by atomic mass is 35.5. The van der Waals surface area contributed by atoms with Crippen LogP contribution in [0.1, 0.15) is 36.8 Å². The first kappa shape index (κ1) is 36.9. The number of halogens is 2. The molecule has 1 N–H and O–H groups in total. The van der Waals surface area contributed by atoms with E-state index in [1.807, 2.05) is 60.7 Å². The van der Waals surface area contributed by atoms with Gasteiger partial charge < -0.3 is 15.0 Å². The molecule has 0 aromatic heterocycles. The van der Waals surface area contributed by atoms with E-state index in [1.165, 1.54) is 17.0 Å². The van der Waals surface area contributed by atoms with Crippen LogP contribution in [0.25, 0.3) is 0 Å². The number of nitrogens with one attached hydrogen (secondary N) is 1. The number of amides is 2. The molecule has 1 aliphatic carbocycles. The van der Waals surface area contributed by atoms with Crippen LogP contribution in [0.3, 0.4) is 0 Å². The number of ether oxygens (including phenoxy) is 1. The molecule has 0 unspecified atom stereocenters. The fraction of sp³-hybridized carbons (Fsp3) is 0.220. The Morgan fingerprint density at radius 3 is 1.90 bits per heavy atom. The third-order valence-electron chi connectivity index (χ3n) is 9.08. The van der Waals surface area contributed by atoms with Crippen molar-refractivity contribution in [2.24, 2.45) is 0 Å². The van der Waals surface area contributed by atoms with E-state index in [4.69, 9.17) is 27.9 Å². The van der Waals surface area contributed by atoms with Gasteiger partial charge in [0.1, 0.15) is 24.1 Å². The van der Waals surface area contributed by atoms with Crippen LogP contribution >= 0.6 is 23.2 Å². The first-order valence-corrected chi connectivity index (χ1v) is 19.4. The van der Waals surface area contributed by atoms with Crippen LogP contribution in [0, 0.1) is 0 Å². The smallest absolute Gasteiger partial charge is 0.264 e. The maximum absolute atomic E-state index is 14.8. The normalized spacial score (nSPS) is 13.7. The third-order valence-corrected chi connectivity index (χ3v) is 11.6. The molecule has 1 fully saturated rings. The Bertz CT molecular complexity index is 2040. The maximum atomic E-state index is 14.8. The average Bonchev–Trinajstić information content (AvgIpc) is 3.67. The van der Waals surface area contributed by atoms with Gasteiger partial charge in [-0.05, 0) is 79.1 Å². The van der Waals surface area contributed by atoms with Crippen molar-refractivity contribution in [3.05, 3.63) is 155 Å². The molecule has 1 aliphatic rings. The topological polar surface area (TPSA) is 96.0 Å². The summed E-state index contributed by atoms with van der Waals surface area (Å²) in [5.41, 5.74) is 1.52. The maximum Gasteiger partial charge on any atom is 0.264 e. The molecule has 5 aromatic rings. The van der Waals surface area contributed by atoms with Crippen LogP contribution in [0.4, 0.5) is 5.69 Å². The van der Waals surface area contributed by atoms with Crippen LogP contribution in [-0.2, 0) is 32.6 Å². The zero-order valence-electron chi connectivity index (χ0n) is 28.4. The molecule has 0 aliphatic heterocycles. The molecule has 0 saturated heterocycles. The molecule has 5 aromatic carbocycles. The summed E-state index contributed by atoms with van der Waals surface area (Å²) in [5, 5.41) is 3.82. The van der Waals surface area contributed by atoms with Crippen molar-refractivity contribution >= 4 is 50.7 Å². The molecule has 268 valence electrons. The summed E-state index contributed by atoms with van der Waals surface area (Å²) in [6, 6.07) is 37.0. The van der Waals surface area contributed by atoms with Crippen molar-refractivity contribution in [2.45, 2.75) is 55.6 Å². The van der Waals surface area contributed by atoms with Crippen molar-refractivity contribution in [3.63, 3.8) is 0 Å². The van der Waals surface area contributed by atoms with Gasteiger partial charge in [0.25, 0.3) is 10.0 Å². The minimum absolute atomic E-state index is 0.00734. The lowest BCUT2D eigenvalue weighted by Gasteiger charge is -2.34. The van der Waals surface area contributed by atoms with Crippen molar-refractivity contribution in [1.29, 1.82) is 0 Å². The van der Waals surface area contributed by atoms with Gasteiger partial charge in [0, 0.05) is 34.6 Å². The molecule has 2 amide bonds. The molecule has 1 atom stereocenters. The Balaban J connectivity index is 1.40. The Kier molecular flexibility index (Phi) is 12.2. The van der Waals surface area contributed by atoms with E-state index in [0.29, 0.717) is 27.1 Å². The highest BCUT2D eigenvalue weighted by Gasteiger charge is 2.36. The second-order valence-corrected chi connectivity index (χ2v) is 15.3. The quantitative estimate of drug-likeness (QED) is 0.122. The van der Waals surface area contributed by atoms with Gasteiger partial charge in [0.15, 0.2) is 0 Å². The summed E-state index contributed by atoms with van der Waals surface area (Å²) in [6.07, 6.45) is 3.90. The number of para-hydroxylation sites is 1. The molecule has 0 heterocycles. The molecule has 11 heteroatoms. The van der Waals surface area contributed by atoms with E-state index in [9.17, 15) is 18.0 Å². The molecule has 0 bridgehead atoms. The van der Waals surface area contributed by atoms with Gasteiger partial charge in [-0.2, -0.15) is 0 Å². The minimum atomic E-state index is -4.27. The fourth-order valence-corrected chi connectivity index (χ4v) is 8.28. The summed E-state index contributed by atoms with van der Waals surface area (Å²) in [6.45, 7) is -0.740. The number of nitrogens with zero attached hydrogens (tertiary/aromatic N) is 2. The highest BCUT2D eigenvalue weighted by molar-refractivity contribution is 7.92. The lowest BCUT2D eigenvalue weighted by atomic mass is 10.0. The second-order valence-electron chi connectivity index (χ2n) is 12.7. The third kappa shape index (κ3) is 9.14. The lowest BCUT2D eigenvalue weighted by molar-refractivity contribution is -0.140. The van der Waals surface area contributed by atoms with Gasteiger partial charge in [0.2, 0.25) is 11.8 Å². The standard InChI is InChI=1S/C41H39Cl2N3O5S/c42-37-21-12-22-38(43)36(37)28-45(39(27-30-13-4-1-5-14-30)41(48)44-31-15-10-11-16-31)40(47)29-46(52(49,50)35-19-8-3-9-20-35)32-23-25-34(26-24-32)51-33-17-6-2-7-18-33/h1-9,12-14,17-26,31,39H,10-11,15-16,27-29H2,(H,44,48)/t39-/m1/s1. The Labute approximate surface area is 315 Å². The number of hydrogen-bond donors (Lipinski definition) is 1. The van der Waals surface area contributed by atoms with Gasteiger partial charge >= 0.3 is 0 Å². The van der Waals surface area contributed by atoms with E-state index in [1.54, 1.807) is 60.7 Å². The van der Waals surface area contributed by atoms with E-state index < -0.39 is 28.5 Å². The Morgan fingerprint density at radius 1 is 0.731 bits per heavy atom. The van der Waals surface area contributed by atoms with Gasteiger partial charge in [-0.25, -0.2) is 8.42 Å². The SMILES string of the molecule is O=C(NC1CCCC1)[C@@H](Cc1ccccc1)N(Cc1c(Cl)cccc1Cl)C(=O)CN(c1ccc(Oc2ccccc2)cc1)S(=O)(=O)c1ccccc1. The molecule has 6 rings (SSSR count). The molecule has 8 nitrogen and oxygen atoms in total. The second kappa shape index (κ2) is 17.1. The largest absolute Gasteiger partial charge is 0.457 e. The molecular weight excluding hydrogens is 717 g/mol. The van der Waals surface area contributed by atoms with Gasteiger partial charge in [-0.15, -0.1) is 0 Å². The highest BCUT2D eigenvalue weighted by Crippen LogP contribution is 2.31. The summed E-state index contributed by atoms with van der Waals surface area (Å²) in [4.78, 5) is 30.5. The summed E-state index contributed by atoms with van der Waals surface area (Å²) in [5.74, 6) is 0.169. The number of anilines is 1. The molecule has 0 radical (unpaired) electrons. The van der Waals surface area contributed by atoms with Crippen LogP contribution in [-0.4, -0.2) is 43.8 Å². The van der Waals surface area contributed by atoms with Crippen LogP contribution in [0.5, 0.6) is 11.5 Å². The van der Waals surface area contributed by atoms with Crippen molar-refractivity contribution in [3.8, 4) is 11.5 Å².